The summed E-state index contributed by atoms with van der Waals surface area (Å²) in [6.07, 6.45) is 2.96. The first-order valence-corrected chi connectivity index (χ1v) is 7.19. The van der Waals surface area contributed by atoms with Crippen molar-refractivity contribution in [3.05, 3.63) is 30.1 Å². The largest absolute Gasteiger partial charge is 0.393 e. The Bertz CT molecular complexity index is 523. The van der Waals surface area contributed by atoms with Gasteiger partial charge in [-0.3, -0.25) is 4.98 Å². The van der Waals surface area contributed by atoms with Crippen LogP contribution in [0.2, 0.25) is 0 Å². The molecule has 0 atom stereocenters. The second kappa shape index (κ2) is 6.83. The molecule has 106 valence electrons. The lowest BCUT2D eigenvalue weighted by Gasteiger charge is -2.21. The number of nitrogens with two attached hydrogens (primary N) is 1. The Morgan fingerprint density at radius 2 is 2.21 bits per heavy atom. The van der Waals surface area contributed by atoms with Gasteiger partial charge in [0, 0.05) is 31.9 Å². The van der Waals surface area contributed by atoms with Crippen LogP contribution in [-0.2, 0) is 16.6 Å². The number of nitrogens with zero attached hydrogens (tertiary/aromatic N) is 2. The van der Waals surface area contributed by atoms with E-state index in [1.54, 1.807) is 12.1 Å². The Kier molecular flexibility index (Phi) is 5.70. The molecular weight excluding hydrogens is 296 g/mol. The second-order valence-electron chi connectivity index (χ2n) is 3.72. The number of pyridine rings is 1. The van der Waals surface area contributed by atoms with Gasteiger partial charge in [-0.05, 0) is 11.6 Å². The van der Waals surface area contributed by atoms with E-state index in [0.29, 0.717) is 9.87 Å². The summed E-state index contributed by atoms with van der Waals surface area (Å²) in [4.78, 5) is 3.87. The molecule has 0 aliphatic rings. The highest BCUT2D eigenvalue weighted by Crippen LogP contribution is 2.16. The van der Waals surface area contributed by atoms with Gasteiger partial charge >= 0.3 is 5.76 Å². The molecule has 0 amide bonds. The number of rotatable bonds is 7. The zero-order valence-electron chi connectivity index (χ0n) is 9.87. The third-order valence-electron chi connectivity index (χ3n) is 2.27. The molecule has 0 saturated heterocycles. The lowest BCUT2D eigenvalue weighted by Crippen LogP contribution is -2.37. The molecule has 1 rings (SSSR count). The van der Waals surface area contributed by atoms with Crippen LogP contribution in [0.25, 0.3) is 0 Å². The van der Waals surface area contributed by atoms with E-state index in [2.05, 4.69) is 17.2 Å². The third kappa shape index (κ3) is 4.77. The minimum absolute atomic E-state index is 0.0432. The SMILES string of the molecule is NC(=S)CCN(Cc1cccnc1)S(=O)(=O)C(F)F. The van der Waals surface area contributed by atoms with E-state index >= 15 is 0 Å². The summed E-state index contributed by atoms with van der Waals surface area (Å²) in [5, 5.41) is 0. The van der Waals surface area contributed by atoms with Crippen molar-refractivity contribution in [2.24, 2.45) is 5.73 Å². The number of alkyl halides is 2. The van der Waals surface area contributed by atoms with E-state index in [1.165, 1.54) is 12.4 Å². The van der Waals surface area contributed by atoms with Crippen LogP contribution < -0.4 is 5.73 Å². The third-order valence-corrected chi connectivity index (χ3v) is 3.96. The van der Waals surface area contributed by atoms with Crippen molar-refractivity contribution in [2.75, 3.05) is 6.54 Å². The molecule has 0 unspecified atom stereocenters. The van der Waals surface area contributed by atoms with Crippen molar-refractivity contribution in [2.45, 2.75) is 18.7 Å². The molecule has 0 fully saturated rings. The maximum Gasteiger partial charge on any atom is 0.350 e. The van der Waals surface area contributed by atoms with Gasteiger partial charge in [0.1, 0.15) is 0 Å². The Morgan fingerprint density at radius 1 is 1.53 bits per heavy atom. The van der Waals surface area contributed by atoms with Gasteiger partial charge < -0.3 is 5.73 Å². The number of aromatic nitrogens is 1. The predicted octanol–water partition coefficient (Wildman–Crippen LogP) is 1.11. The number of halogens is 2. The normalized spacial score (nSPS) is 12.0. The Balaban J connectivity index is 2.90. The summed E-state index contributed by atoms with van der Waals surface area (Å²) in [6, 6.07) is 3.19. The monoisotopic (exact) mass is 309 g/mol. The van der Waals surface area contributed by atoms with E-state index < -0.39 is 15.8 Å². The maximum atomic E-state index is 12.6. The van der Waals surface area contributed by atoms with Crippen LogP contribution in [0.4, 0.5) is 8.78 Å². The molecule has 0 radical (unpaired) electrons. The molecule has 1 heterocycles. The van der Waals surface area contributed by atoms with Gasteiger partial charge in [0.25, 0.3) is 10.0 Å². The highest BCUT2D eigenvalue weighted by molar-refractivity contribution is 7.89. The predicted molar refractivity (Wildman–Crippen MR) is 71.0 cm³/mol. The molecule has 0 saturated carbocycles. The summed E-state index contributed by atoms with van der Waals surface area (Å²) in [5.41, 5.74) is 5.77. The fourth-order valence-electron chi connectivity index (χ4n) is 1.34. The van der Waals surface area contributed by atoms with Crippen LogP contribution >= 0.6 is 12.2 Å². The van der Waals surface area contributed by atoms with E-state index in [1.807, 2.05) is 0 Å². The van der Waals surface area contributed by atoms with E-state index in [-0.39, 0.29) is 24.5 Å². The zero-order valence-corrected chi connectivity index (χ0v) is 11.5. The molecule has 19 heavy (non-hydrogen) atoms. The van der Waals surface area contributed by atoms with Crippen LogP contribution in [0, 0.1) is 0 Å². The standard InChI is InChI=1S/C10H13F2N3O2S2/c11-10(12)19(16,17)15(5-3-9(13)18)7-8-2-1-4-14-6-8/h1-2,4,6,10H,3,5,7H2,(H2,13,18). The van der Waals surface area contributed by atoms with Gasteiger partial charge in [-0.25, -0.2) is 8.42 Å². The molecule has 2 N–H and O–H groups in total. The van der Waals surface area contributed by atoms with Crippen LogP contribution in [-0.4, -0.2) is 35.0 Å². The maximum absolute atomic E-state index is 12.6. The van der Waals surface area contributed by atoms with Gasteiger partial charge in [0.05, 0.1) is 4.99 Å². The van der Waals surface area contributed by atoms with Crippen molar-refractivity contribution in [1.29, 1.82) is 0 Å². The molecule has 0 aromatic carbocycles. The molecule has 0 aliphatic carbocycles. The van der Waals surface area contributed by atoms with Crippen LogP contribution in [0.3, 0.4) is 0 Å². The molecule has 0 spiro atoms. The molecule has 9 heteroatoms. The average molecular weight is 309 g/mol. The highest BCUT2D eigenvalue weighted by Gasteiger charge is 2.31. The zero-order chi connectivity index (χ0) is 14.5. The molecule has 1 aromatic rings. The number of sulfonamides is 1. The molecule has 1 aromatic heterocycles. The van der Waals surface area contributed by atoms with E-state index in [9.17, 15) is 17.2 Å². The first-order chi connectivity index (χ1) is 8.84. The Morgan fingerprint density at radius 3 is 2.68 bits per heavy atom. The first-order valence-electron chi connectivity index (χ1n) is 5.28. The van der Waals surface area contributed by atoms with E-state index in [4.69, 9.17) is 5.73 Å². The van der Waals surface area contributed by atoms with Gasteiger partial charge in [0.2, 0.25) is 0 Å². The van der Waals surface area contributed by atoms with Crippen LogP contribution in [0.5, 0.6) is 0 Å². The van der Waals surface area contributed by atoms with Gasteiger partial charge in [-0.1, -0.05) is 18.3 Å². The first kappa shape index (κ1) is 15.9. The van der Waals surface area contributed by atoms with Crippen molar-refractivity contribution in [3.63, 3.8) is 0 Å². The molecule has 0 bridgehead atoms. The minimum Gasteiger partial charge on any atom is -0.393 e. The summed E-state index contributed by atoms with van der Waals surface area (Å²) < 4.78 is 48.9. The highest BCUT2D eigenvalue weighted by atomic mass is 32.2. The Hall–Kier alpha value is -1.19. The lowest BCUT2D eigenvalue weighted by atomic mass is 10.3. The van der Waals surface area contributed by atoms with Crippen molar-refractivity contribution in [3.8, 4) is 0 Å². The topological polar surface area (TPSA) is 76.3 Å². The number of hydrogen-bond donors (Lipinski definition) is 1. The molecular formula is C10H13F2N3O2S2. The van der Waals surface area contributed by atoms with Crippen molar-refractivity contribution in [1.82, 2.24) is 9.29 Å². The van der Waals surface area contributed by atoms with Crippen LogP contribution in [0.15, 0.2) is 24.5 Å². The van der Waals surface area contributed by atoms with Gasteiger partial charge in [-0.2, -0.15) is 13.1 Å². The smallest absolute Gasteiger partial charge is 0.350 e. The summed E-state index contributed by atoms with van der Waals surface area (Å²) in [5.74, 6) is -3.48. The van der Waals surface area contributed by atoms with Crippen LogP contribution in [0.1, 0.15) is 12.0 Å². The Labute approximate surface area is 115 Å². The van der Waals surface area contributed by atoms with Crippen molar-refractivity contribution >= 4 is 27.2 Å². The van der Waals surface area contributed by atoms with Gasteiger partial charge in [0.15, 0.2) is 0 Å². The lowest BCUT2D eigenvalue weighted by molar-refractivity contribution is 0.218. The summed E-state index contributed by atoms with van der Waals surface area (Å²) >= 11 is 4.62. The quantitative estimate of drug-likeness (QED) is 0.764. The molecule has 5 nitrogen and oxygen atoms in total. The second-order valence-corrected chi connectivity index (χ2v) is 6.14. The molecule has 0 aliphatic heterocycles. The summed E-state index contributed by atoms with van der Waals surface area (Å²) in [7, 11) is -4.68. The average Bonchev–Trinajstić information content (AvgIpc) is 2.35. The van der Waals surface area contributed by atoms with E-state index in [0.717, 1.165) is 0 Å². The van der Waals surface area contributed by atoms with Gasteiger partial charge in [-0.15, -0.1) is 0 Å². The summed E-state index contributed by atoms with van der Waals surface area (Å²) in [6.45, 7) is -0.375. The minimum atomic E-state index is -4.68. The fraction of sp³-hybridized carbons (Fsp3) is 0.400. The number of hydrogen-bond acceptors (Lipinski definition) is 4. The fourth-order valence-corrected chi connectivity index (χ4v) is 2.33. The number of thiocarbonyl (C=S) groups is 1. The van der Waals surface area contributed by atoms with Crippen molar-refractivity contribution < 1.29 is 17.2 Å².